The monoisotopic (exact) mass is 460 g/mol. The van der Waals surface area contributed by atoms with Crippen LogP contribution in [0.5, 0.6) is 0 Å². The fourth-order valence-corrected chi connectivity index (χ4v) is 4.09. The first-order valence-electron chi connectivity index (χ1n) is 8.93. The van der Waals surface area contributed by atoms with Gasteiger partial charge in [0.25, 0.3) is 0 Å². The highest BCUT2D eigenvalue weighted by molar-refractivity contribution is 7.18. The van der Waals surface area contributed by atoms with Crippen LogP contribution in [0, 0.1) is 11.6 Å². The number of halogens is 3. The van der Waals surface area contributed by atoms with Crippen LogP contribution < -0.4 is 21.5 Å². The molecule has 0 spiro atoms. The average Bonchev–Trinajstić information content (AvgIpc) is 3.07. The summed E-state index contributed by atoms with van der Waals surface area (Å²) in [7, 11) is 0. The van der Waals surface area contributed by atoms with Gasteiger partial charge in [0, 0.05) is 17.7 Å². The maximum Gasteiger partial charge on any atom is 0.173 e. The van der Waals surface area contributed by atoms with Gasteiger partial charge < -0.3 is 17.0 Å². The van der Waals surface area contributed by atoms with E-state index in [-0.39, 0.29) is 28.6 Å². The number of fused-ring (bicyclic) bond motifs is 1. The minimum absolute atomic E-state index is 0. The standard InChI is InChI=1S/C22H19F2N2S.BrH/c23-18-6-4-17(5-7-18)15-26-12-10-16(11-13-26)2-1-3-22-25-20-9-8-19(24)14-21(20)27-22;/h4-14H,1-3,15H2;1H/q+1;/p-1. The molecule has 144 valence electrons. The number of aromatic nitrogens is 2. The van der Waals surface area contributed by atoms with Gasteiger partial charge in [-0.25, -0.2) is 18.3 Å². The summed E-state index contributed by atoms with van der Waals surface area (Å²) in [5.74, 6) is -0.423. The van der Waals surface area contributed by atoms with E-state index in [4.69, 9.17) is 0 Å². The number of aryl methyl sites for hydroxylation is 2. The Hall–Kier alpha value is -2.18. The lowest BCUT2D eigenvalue weighted by molar-refractivity contribution is -0.688. The zero-order chi connectivity index (χ0) is 18.6. The van der Waals surface area contributed by atoms with Gasteiger partial charge in [-0.3, -0.25) is 0 Å². The number of hydrogen-bond acceptors (Lipinski definition) is 2. The molecule has 28 heavy (non-hydrogen) atoms. The van der Waals surface area contributed by atoms with Crippen LogP contribution >= 0.6 is 11.3 Å². The van der Waals surface area contributed by atoms with E-state index in [0.717, 1.165) is 46.6 Å². The lowest BCUT2D eigenvalue weighted by Gasteiger charge is -2.01. The van der Waals surface area contributed by atoms with Gasteiger partial charge in [0.2, 0.25) is 0 Å². The van der Waals surface area contributed by atoms with E-state index in [0.29, 0.717) is 0 Å². The highest BCUT2D eigenvalue weighted by Gasteiger charge is 2.07. The van der Waals surface area contributed by atoms with Gasteiger partial charge >= 0.3 is 0 Å². The second kappa shape index (κ2) is 9.34. The fraction of sp³-hybridized carbons (Fsp3) is 0.182. The van der Waals surface area contributed by atoms with Crippen molar-refractivity contribution >= 4 is 21.6 Å². The minimum Gasteiger partial charge on any atom is -1.00 e. The Kier molecular flexibility index (Phi) is 6.86. The molecule has 6 heteroatoms. The fourth-order valence-electron chi connectivity index (χ4n) is 3.06. The van der Waals surface area contributed by atoms with Crippen molar-refractivity contribution in [1.29, 1.82) is 0 Å². The molecule has 0 amide bonds. The molecule has 2 aromatic carbocycles. The molecular weight excluding hydrogens is 442 g/mol. The highest BCUT2D eigenvalue weighted by Crippen LogP contribution is 2.24. The SMILES string of the molecule is Fc1ccc(C[n+]2ccc(CCCc3nc4ccc(F)cc4s3)cc2)cc1.[Br-]. The molecule has 4 aromatic rings. The second-order valence-corrected chi connectivity index (χ2v) is 7.69. The molecule has 2 nitrogen and oxygen atoms in total. The molecule has 0 aliphatic carbocycles. The Morgan fingerprint density at radius 1 is 0.821 bits per heavy atom. The third-order valence-electron chi connectivity index (χ3n) is 4.49. The topological polar surface area (TPSA) is 16.8 Å². The summed E-state index contributed by atoms with van der Waals surface area (Å²) in [4.78, 5) is 4.57. The van der Waals surface area contributed by atoms with Gasteiger partial charge in [0.1, 0.15) is 11.6 Å². The van der Waals surface area contributed by atoms with Crippen molar-refractivity contribution in [2.24, 2.45) is 0 Å². The Morgan fingerprint density at radius 3 is 2.29 bits per heavy atom. The Labute approximate surface area is 177 Å². The first kappa shape index (κ1) is 20.6. The average molecular weight is 461 g/mol. The Balaban J connectivity index is 0.00000225. The van der Waals surface area contributed by atoms with Crippen LogP contribution in [0.1, 0.15) is 22.6 Å². The number of pyridine rings is 1. The van der Waals surface area contributed by atoms with Crippen molar-refractivity contribution in [2.75, 3.05) is 0 Å². The van der Waals surface area contributed by atoms with Gasteiger partial charge in [-0.15, -0.1) is 11.3 Å². The molecule has 2 heterocycles. The maximum absolute atomic E-state index is 13.3. The lowest BCUT2D eigenvalue weighted by atomic mass is 10.1. The van der Waals surface area contributed by atoms with Crippen LogP contribution in [0.25, 0.3) is 10.2 Å². The highest BCUT2D eigenvalue weighted by atomic mass is 79.9. The molecule has 2 aromatic heterocycles. The Morgan fingerprint density at radius 2 is 1.54 bits per heavy atom. The molecule has 0 bridgehead atoms. The second-order valence-electron chi connectivity index (χ2n) is 6.58. The molecule has 0 atom stereocenters. The van der Waals surface area contributed by atoms with Crippen LogP contribution in [-0.2, 0) is 19.4 Å². The number of benzene rings is 2. The molecule has 0 aliphatic rings. The normalized spacial score (nSPS) is 10.8. The van der Waals surface area contributed by atoms with Crippen LogP contribution in [0.15, 0.2) is 67.0 Å². The van der Waals surface area contributed by atoms with Crippen molar-refractivity contribution in [3.05, 3.63) is 94.8 Å². The van der Waals surface area contributed by atoms with Gasteiger partial charge in [-0.2, -0.15) is 0 Å². The van der Waals surface area contributed by atoms with Crippen LogP contribution in [0.3, 0.4) is 0 Å². The third kappa shape index (κ3) is 5.20. The third-order valence-corrected chi connectivity index (χ3v) is 5.57. The van der Waals surface area contributed by atoms with Crippen LogP contribution in [-0.4, -0.2) is 4.98 Å². The molecule has 0 unspecified atom stereocenters. The van der Waals surface area contributed by atoms with E-state index >= 15 is 0 Å². The smallest absolute Gasteiger partial charge is 0.173 e. The summed E-state index contributed by atoms with van der Waals surface area (Å²) in [6.45, 7) is 0.725. The zero-order valence-electron chi connectivity index (χ0n) is 15.1. The summed E-state index contributed by atoms with van der Waals surface area (Å²) in [6.07, 6.45) is 6.98. The summed E-state index contributed by atoms with van der Waals surface area (Å²) in [5, 5.41) is 1.05. The quantitative estimate of drug-likeness (QED) is 0.402. The molecule has 4 rings (SSSR count). The first-order chi connectivity index (χ1) is 13.2. The van der Waals surface area contributed by atoms with E-state index in [1.165, 1.54) is 23.8 Å². The number of nitrogens with zero attached hydrogens (tertiary/aromatic N) is 2. The van der Waals surface area contributed by atoms with Crippen LogP contribution in [0.4, 0.5) is 8.78 Å². The predicted molar refractivity (Wildman–Crippen MR) is 104 cm³/mol. The molecule has 0 aliphatic heterocycles. The maximum atomic E-state index is 13.3. The van der Waals surface area contributed by atoms with Crippen LogP contribution in [0.2, 0.25) is 0 Å². The largest absolute Gasteiger partial charge is 1.00 e. The summed E-state index contributed by atoms with van der Waals surface area (Å²) in [6, 6.07) is 15.6. The predicted octanol–water partition coefficient (Wildman–Crippen LogP) is 2.09. The molecule has 0 radical (unpaired) electrons. The Bertz CT molecular complexity index is 1050. The van der Waals surface area contributed by atoms with Gasteiger partial charge in [-0.1, -0.05) is 0 Å². The number of hydrogen-bond donors (Lipinski definition) is 0. The molecule has 0 N–H and O–H groups in total. The summed E-state index contributed by atoms with van der Waals surface area (Å²) in [5.41, 5.74) is 3.22. The van der Waals surface area contributed by atoms with Gasteiger partial charge in [-0.05, 0) is 67.3 Å². The van der Waals surface area contributed by atoms with Crippen molar-refractivity contribution < 1.29 is 30.3 Å². The zero-order valence-corrected chi connectivity index (χ0v) is 17.5. The number of thiazole rings is 1. The van der Waals surface area contributed by atoms with Gasteiger partial charge in [0.05, 0.1) is 15.2 Å². The van der Waals surface area contributed by atoms with E-state index in [9.17, 15) is 8.78 Å². The first-order valence-corrected chi connectivity index (χ1v) is 9.75. The van der Waals surface area contributed by atoms with Crippen molar-refractivity contribution in [3.63, 3.8) is 0 Å². The van der Waals surface area contributed by atoms with Crippen molar-refractivity contribution in [3.8, 4) is 0 Å². The van der Waals surface area contributed by atoms with E-state index < -0.39 is 0 Å². The van der Waals surface area contributed by atoms with Gasteiger partial charge in [0.15, 0.2) is 18.9 Å². The molecular formula is C22H19BrF2N2S. The number of rotatable bonds is 6. The van der Waals surface area contributed by atoms with E-state index in [1.807, 2.05) is 0 Å². The van der Waals surface area contributed by atoms with E-state index in [2.05, 4.69) is 34.1 Å². The van der Waals surface area contributed by atoms with Crippen molar-refractivity contribution in [1.82, 2.24) is 4.98 Å². The minimum atomic E-state index is -0.212. The molecule has 0 saturated carbocycles. The molecule has 0 saturated heterocycles. The summed E-state index contributed by atoms with van der Waals surface area (Å²) < 4.78 is 29.2. The summed E-state index contributed by atoms with van der Waals surface area (Å²) >= 11 is 1.57. The molecule has 0 fully saturated rings. The van der Waals surface area contributed by atoms with Crippen molar-refractivity contribution in [2.45, 2.75) is 25.8 Å². The lowest BCUT2D eigenvalue weighted by Crippen LogP contribution is -3.00. The van der Waals surface area contributed by atoms with E-state index in [1.54, 1.807) is 35.6 Å².